The lowest BCUT2D eigenvalue weighted by Crippen LogP contribution is -2.26. The minimum Gasteiger partial charge on any atom is -0.474 e. The van der Waals surface area contributed by atoms with E-state index in [1.165, 1.54) is 11.6 Å². The van der Waals surface area contributed by atoms with Crippen LogP contribution >= 0.6 is 0 Å². The summed E-state index contributed by atoms with van der Waals surface area (Å²) in [7, 11) is 1.52. The molecule has 0 fully saturated rings. The van der Waals surface area contributed by atoms with Crippen LogP contribution in [0.3, 0.4) is 0 Å². The first-order valence-corrected chi connectivity index (χ1v) is 11.6. The smallest absolute Gasteiger partial charge is 0.434 e. The fourth-order valence-corrected chi connectivity index (χ4v) is 4.12. The van der Waals surface area contributed by atoms with Gasteiger partial charge in [-0.3, -0.25) is 9.69 Å². The molecule has 1 aliphatic rings. The van der Waals surface area contributed by atoms with Crippen molar-refractivity contribution in [3.8, 4) is 28.7 Å². The van der Waals surface area contributed by atoms with Crippen LogP contribution in [0.5, 0.6) is 5.88 Å². The Bertz CT molecular complexity index is 1460. The van der Waals surface area contributed by atoms with Crippen LogP contribution in [0.2, 0.25) is 0 Å². The maximum absolute atomic E-state index is 13.0. The number of aryl methyl sites for hydroxylation is 1. The topological polar surface area (TPSA) is 86.0 Å². The average molecular weight is 509 g/mol. The van der Waals surface area contributed by atoms with Crippen molar-refractivity contribution in [1.82, 2.24) is 24.5 Å². The number of ether oxygens (including phenoxy) is 1. The maximum Gasteiger partial charge on any atom is 0.434 e. The van der Waals surface area contributed by atoms with Gasteiger partial charge < -0.3 is 9.30 Å². The van der Waals surface area contributed by atoms with Gasteiger partial charge in [-0.2, -0.15) is 13.2 Å². The number of rotatable bonds is 6. The van der Waals surface area contributed by atoms with E-state index in [-0.39, 0.29) is 30.8 Å². The molecule has 1 amide bonds. The third-order valence-electron chi connectivity index (χ3n) is 5.82. The summed E-state index contributed by atoms with van der Waals surface area (Å²) in [5.41, 5.74) is 1.72. The monoisotopic (exact) mass is 508 g/mol. The lowest BCUT2D eigenvalue weighted by atomic mass is 10.1. The molecule has 0 radical (unpaired) electrons. The normalized spacial score (nSPS) is 13.4. The molecule has 0 bridgehead atoms. The lowest BCUT2D eigenvalue weighted by Gasteiger charge is -2.18. The molecule has 3 aromatic heterocycles. The van der Waals surface area contributed by atoms with Crippen molar-refractivity contribution in [1.29, 1.82) is 0 Å². The number of aromatic nitrogens is 5. The molecular formula is C26H23F3N6O2. The number of carbonyl (C=O) groups excluding carboxylic acids is 1. The van der Waals surface area contributed by atoms with E-state index in [1.54, 1.807) is 47.6 Å². The number of alkyl halides is 3. The highest BCUT2D eigenvalue weighted by Crippen LogP contribution is 2.33. The second kappa shape index (κ2) is 9.30. The highest BCUT2D eigenvalue weighted by Gasteiger charge is 2.34. The van der Waals surface area contributed by atoms with Crippen molar-refractivity contribution in [2.24, 2.45) is 7.05 Å². The minimum atomic E-state index is -4.52. The highest BCUT2D eigenvalue weighted by molar-refractivity contribution is 6.00. The first kappa shape index (κ1) is 24.4. The lowest BCUT2D eigenvalue weighted by molar-refractivity contribution is -0.140. The van der Waals surface area contributed by atoms with Gasteiger partial charge in [0.15, 0.2) is 11.5 Å². The Balaban J connectivity index is 1.41. The molecule has 0 spiro atoms. The van der Waals surface area contributed by atoms with Gasteiger partial charge in [-0.05, 0) is 31.5 Å². The molecule has 0 saturated heterocycles. The van der Waals surface area contributed by atoms with E-state index in [4.69, 9.17) is 4.74 Å². The number of carbonyl (C=O) groups is 1. The summed E-state index contributed by atoms with van der Waals surface area (Å²) in [5, 5.41) is 0. The largest absolute Gasteiger partial charge is 0.474 e. The number of hydrogen-bond acceptors (Lipinski definition) is 6. The van der Waals surface area contributed by atoms with Crippen molar-refractivity contribution in [2.45, 2.75) is 39.1 Å². The third kappa shape index (κ3) is 4.89. The van der Waals surface area contributed by atoms with Gasteiger partial charge in [0, 0.05) is 36.8 Å². The van der Waals surface area contributed by atoms with Crippen LogP contribution in [0, 0.1) is 0 Å². The van der Waals surface area contributed by atoms with E-state index < -0.39 is 11.9 Å². The second-order valence-corrected chi connectivity index (χ2v) is 8.98. The van der Waals surface area contributed by atoms with Crippen LogP contribution in [0.4, 0.5) is 19.0 Å². The van der Waals surface area contributed by atoms with Crippen LogP contribution in [0.1, 0.15) is 30.7 Å². The van der Waals surface area contributed by atoms with Crippen LogP contribution in [0.15, 0.2) is 55.0 Å². The SMILES string of the molecule is CC(C)Oc1ncccc1-c1ncc2c(n1)N(Cc1ccc(-c3nc(C(F)(F)F)cn3C)cc1)C(=O)C2. The number of hydrogen-bond donors (Lipinski definition) is 0. The predicted molar refractivity (Wildman–Crippen MR) is 130 cm³/mol. The number of halogens is 3. The van der Waals surface area contributed by atoms with E-state index in [9.17, 15) is 18.0 Å². The van der Waals surface area contributed by atoms with E-state index >= 15 is 0 Å². The van der Waals surface area contributed by atoms with Gasteiger partial charge in [0.05, 0.1) is 24.6 Å². The van der Waals surface area contributed by atoms with E-state index in [2.05, 4.69) is 19.9 Å². The molecule has 0 saturated carbocycles. The summed E-state index contributed by atoms with van der Waals surface area (Å²) in [6.45, 7) is 4.05. The van der Waals surface area contributed by atoms with E-state index in [0.29, 0.717) is 34.2 Å². The number of imidazole rings is 1. The molecule has 4 heterocycles. The number of anilines is 1. The average Bonchev–Trinajstić information content (AvgIpc) is 3.39. The van der Waals surface area contributed by atoms with Crippen LogP contribution in [-0.4, -0.2) is 36.5 Å². The molecule has 5 rings (SSSR count). The molecule has 0 aliphatic carbocycles. The summed E-state index contributed by atoms with van der Waals surface area (Å²) >= 11 is 0. The number of nitrogens with zero attached hydrogens (tertiary/aromatic N) is 6. The first-order chi connectivity index (χ1) is 17.6. The van der Waals surface area contributed by atoms with Crippen molar-refractivity contribution in [3.05, 3.63) is 71.8 Å². The molecule has 8 nitrogen and oxygen atoms in total. The molecule has 11 heteroatoms. The number of amides is 1. The molecule has 1 aromatic carbocycles. The Morgan fingerprint density at radius 3 is 2.51 bits per heavy atom. The molecule has 0 unspecified atom stereocenters. The summed E-state index contributed by atoms with van der Waals surface area (Å²) < 4.78 is 46.2. The minimum absolute atomic E-state index is 0.0880. The van der Waals surface area contributed by atoms with Gasteiger partial charge in [-0.1, -0.05) is 24.3 Å². The predicted octanol–water partition coefficient (Wildman–Crippen LogP) is 4.83. The molecule has 37 heavy (non-hydrogen) atoms. The summed E-state index contributed by atoms with van der Waals surface area (Å²) in [6.07, 6.45) is -0.191. The summed E-state index contributed by atoms with van der Waals surface area (Å²) in [4.78, 5) is 31.5. The third-order valence-corrected chi connectivity index (χ3v) is 5.82. The van der Waals surface area contributed by atoms with Gasteiger partial charge in [0.2, 0.25) is 11.8 Å². The zero-order valence-electron chi connectivity index (χ0n) is 20.3. The van der Waals surface area contributed by atoms with Gasteiger partial charge >= 0.3 is 6.18 Å². The standard InChI is InChI=1S/C26H23F3N6O2/c1-15(2)37-25-19(5-4-10-30-25)22-31-12-18-11-21(36)35(24(18)33-22)13-16-6-8-17(9-7-16)23-32-20(14-34(23)3)26(27,28)29/h4-10,12,14-15H,11,13H2,1-3H3. The highest BCUT2D eigenvalue weighted by atomic mass is 19.4. The van der Waals surface area contributed by atoms with Crippen LogP contribution in [0.25, 0.3) is 22.8 Å². The maximum atomic E-state index is 13.0. The molecule has 0 N–H and O–H groups in total. The van der Waals surface area contributed by atoms with Gasteiger partial charge in [0.25, 0.3) is 0 Å². The molecular weight excluding hydrogens is 485 g/mol. The van der Waals surface area contributed by atoms with Crippen molar-refractivity contribution >= 4 is 11.7 Å². The Hall–Kier alpha value is -4.28. The zero-order chi connectivity index (χ0) is 26.3. The Morgan fingerprint density at radius 1 is 1.08 bits per heavy atom. The molecule has 190 valence electrons. The number of benzene rings is 1. The molecule has 0 atom stereocenters. The fourth-order valence-electron chi connectivity index (χ4n) is 4.12. The second-order valence-electron chi connectivity index (χ2n) is 8.98. The van der Waals surface area contributed by atoms with Gasteiger partial charge in [-0.15, -0.1) is 0 Å². The molecule has 4 aromatic rings. The quantitative estimate of drug-likeness (QED) is 0.371. The summed E-state index contributed by atoms with van der Waals surface area (Å²) in [5.74, 6) is 1.40. The zero-order valence-corrected chi connectivity index (χ0v) is 20.3. The van der Waals surface area contributed by atoms with Crippen molar-refractivity contribution < 1.29 is 22.7 Å². The number of fused-ring (bicyclic) bond motifs is 1. The van der Waals surface area contributed by atoms with Crippen molar-refractivity contribution in [3.63, 3.8) is 0 Å². The van der Waals surface area contributed by atoms with E-state index in [1.807, 2.05) is 19.9 Å². The Labute approximate surface area is 210 Å². The van der Waals surface area contributed by atoms with E-state index in [0.717, 1.165) is 11.8 Å². The first-order valence-electron chi connectivity index (χ1n) is 11.6. The summed E-state index contributed by atoms with van der Waals surface area (Å²) in [6, 6.07) is 10.5. The van der Waals surface area contributed by atoms with Crippen LogP contribution < -0.4 is 9.64 Å². The Morgan fingerprint density at radius 2 is 1.84 bits per heavy atom. The van der Waals surface area contributed by atoms with Gasteiger partial charge in [0.1, 0.15) is 11.6 Å². The van der Waals surface area contributed by atoms with Crippen molar-refractivity contribution in [2.75, 3.05) is 4.90 Å². The number of pyridine rings is 1. The molecule has 1 aliphatic heterocycles. The van der Waals surface area contributed by atoms with Gasteiger partial charge in [-0.25, -0.2) is 19.9 Å². The Kier molecular flexibility index (Phi) is 6.14. The van der Waals surface area contributed by atoms with Crippen LogP contribution in [-0.2, 0) is 31.0 Å². The fraction of sp³-hybridized carbons (Fsp3) is 0.269.